The summed E-state index contributed by atoms with van der Waals surface area (Å²) in [5.41, 5.74) is 0.587. The number of nitrogens with zero attached hydrogens (tertiary/aromatic N) is 1. The Hall–Kier alpha value is -0.0800. The highest BCUT2D eigenvalue weighted by Gasteiger charge is 2.22. The molecule has 19 heavy (non-hydrogen) atoms. The van der Waals surface area contributed by atoms with Crippen molar-refractivity contribution in [3.63, 3.8) is 0 Å². The SMILES string of the molecule is CC1(C)CCCN(CCCCCCNC2CC2)CC1. The van der Waals surface area contributed by atoms with Gasteiger partial charge in [0.25, 0.3) is 0 Å². The van der Waals surface area contributed by atoms with Crippen LogP contribution in [0.3, 0.4) is 0 Å². The minimum atomic E-state index is 0.587. The van der Waals surface area contributed by atoms with Crippen molar-refractivity contribution < 1.29 is 0 Å². The number of hydrogen-bond acceptors (Lipinski definition) is 2. The maximum atomic E-state index is 3.60. The molecule has 2 rings (SSSR count). The van der Waals surface area contributed by atoms with Crippen molar-refractivity contribution in [2.75, 3.05) is 26.2 Å². The highest BCUT2D eigenvalue weighted by Crippen LogP contribution is 2.29. The van der Waals surface area contributed by atoms with Crippen molar-refractivity contribution in [2.45, 2.75) is 77.7 Å². The zero-order chi connectivity index (χ0) is 13.6. The topological polar surface area (TPSA) is 15.3 Å². The lowest BCUT2D eigenvalue weighted by atomic mass is 9.85. The third kappa shape index (κ3) is 6.76. The minimum Gasteiger partial charge on any atom is -0.314 e. The highest BCUT2D eigenvalue weighted by molar-refractivity contribution is 4.80. The summed E-state index contributed by atoms with van der Waals surface area (Å²) >= 11 is 0. The Kier molecular flexibility index (Phi) is 6.15. The molecule has 0 spiro atoms. The molecule has 2 heteroatoms. The quantitative estimate of drug-likeness (QED) is 0.672. The number of unbranched alkanes of at least 4 members (excludes halogenated alkanes) is 3. The van der Waals surface area contributed by atoms with Crippen molar-refractivity contribution in [3.8, 4) is 0 Å². The van der Waals surface area contributed by atoms with Gasteiger partial charge in [-0.25, -0.2) is 0 Å². The molecule has 0 radical (unpaired) electrons. The number of nitrogens with one attached hydrogen (secondary N) is 1. The van der Waals surface area contributed by atoms with Crippen LogP contribution in [-0.4, -0.2) is 37.1 Å². The molecule has 0 aromatic heterocycles. The Balaban J connectivity index is 1.43. The molecule has 112 valence electrons. The maximum absolute atomic E-state index is 3.60. The largest absolute Gasteiger partial charge is 0.314 e. The second kappa shape index (κ2) is 7.64. The van der Waals surface area contributed by atoms with Crippen LogP contribution in [0.4, 0.5) is 0 Å². The van der Waals surface area contributed by atoms with Crippen LogP contribution < -0.4 is 5.32 Å². The van der Waals surface area contributed by atoms with Gasteiger partial charge in [-0.2, -0.15) is 0 Å². The number of rotatable bonds is 8. The summed E-state index contributed by atoms with van der Waals surface area (Å²) in [6, 6.07) is 0.889. The first-order valence-corrected chi connectivity index (χ1v) is 8.61. The Morgan fingerprint density at radius 3 is 2.58 bits per heavy atom. The van der Waals surface area contributed by atoms with E-state index in [4.69, 9.17) is 0 Å². The molecular formula is C17H34N2. The van der Waals surface area contributed by atoms with E-state index in [9.17, 15) is 0 Å². The number of likely N-dealkylation sites (tertiary alicyclic amines) is 1. The molecule has 1 aliphatic heterocycles. The van der Waals surface area contributed by atoms with Gasteiger partial charge in [-0.05, 0) is 76.5 Å². The Morgan fingerprint density at radius 2 is 1.79 bits per heavy atom. The van der Waals surface area contributed by atoms with Crippen molar-refractivity contribution >= 4 is 0 Å². The van der Waals surface area contributed by atoms with E-state index in [1.807, 2.05) is 0 Å². The van der Waals surface area contributed by atoms with Crippen LogP contribution in [0, 0.1) is 5.41 Å². The van der Waals surface area contributed by atoms with Gasteiger partial charge in [0, 0.05) is 6.04 Å². The average Bonchev–Trinajstić information content (AvgIpc) is 3.17. The van der Waals surface area contributed by atoms with E-state index in [1.165, 1.54) is 84.0 Å². The maximum Gasteiger partial charge on any atom is 0.00682 e. The second-order valence-electron chi connectivity index (χ2n) is 7.50. The molecule has 1 saturated carbocycles. The van der Waals surface area contributed by atoms with Gasteiger partial charge >= 0.3 is 0 Å². The van der Waals surface area contributed by atoms with E-state index in [0.717, 1.165) is 6.04 Å². The fraction of sp³-hybridized carbons (Fsp3) is 1.00. The van der Waals surface area contributed by atoms with Gasteiger partial charge in [0.1, 0.15) is 0 Å². The molecule has 1 N–H and O–H groups in total. The Bertz CT molecular complexity index is 246. The summed E-state index contributed by atoms with van der Waals surface area (Å²) < 4.78 is 0. The zero-order valence-corrected chi connectivity index (χ0v) is 13.2. The first-order valence-electron chi connectivity index (χ1n) is 8.61. The van der Waals surface area contributed by atoms with Gasteiger partial charge in [0.15, 0.2) is 0 Å². The van der Waals surface area contributed by atoms with Gasteiger partial charge in [0.2, 0.25) is 0 Å². The molecule has 0 unspecified atom stereocenters. The molecule has 1 saturated heterocycles. The molecular weight excluding hydrogens is 232 g/mol. The normalized spacial score (nSPS) is 24.3. The second-order valence-corrected chi connectivity index (χ2v) is 7.50. The lowest BCUT2D eigenvalue weighted by Gasteiger charge is -2.23. The van der Waals surface area contributed by atoms with Crippen LogP contribution in [0.2, 0.25) is 0 Å². The summed E-state index contributed by atoms with van der Waals surface area (Å²) in [6.45, 7) is 10.1. The average molecular weight is 266 g/mol. The van der Waals surface area contributed by atoms with E-state index in [1.54, 1.807) is 0 Å². The smallest absolute Gasteiger partial charge is 0.00682 e. The van der Waals surface area contributed by atoms with E-state index < -0.39 is 0 Å². The third-order valence-electron chi connectivity index (χ3n) is 4.84. The molecule has 0 aromatic carbocycles. The molecule has 0 atom stereocenters. The zero-order valence-electron chi connectivity index (χ0n) is 13.2. The van der Waals surface area contributed by atoms with Gasteiger partial charge in [-0.1, -0.05) is 26.7 Å². The molecule has 1 heterocycles. The first-order chi connectivity index (χ1) is 9.16. The van der Waals surface area contributed by atoms with E-state index in [2.05, 4.69) is 24.1 Å². The molecule has 0 aromatic rings. The molecule has 2 fully saturated rings. The standard InChI is InChI=1S/C17H34N2/c1-17(2)10-7-14-19(15-11-17)13-6-4-3-5-12-18-16-8-9-16/h16,18H,3-15H2,1-2H3. The fourth-order valence-electron chi connectivity index (χ4n) is 3.11. The summed E-state index contributed by atoms with van der Waals surface area (Å²) in [4.78, 5) is 2.71. The van der Waals surface area contributed by atoms with Crippen molar-refractivity contribution in [3.05, 3.63) is 0 Å². The van der Waals surface area contributed by atoms with E-state index >= 15 is 0 Å². The van der Waals surface area contributed by atoms with Crippen molar-refractivity contribution in [2.24, 2.45) is 5.41 Å². The Morgan fingerprint density at radius 1 is 1.00 bits per heavy atom. The van der Waals surface area contributed by atoms with Gasteiger partial charge in [-0.15, -0.1) is 0 Å². The lowest BCUT2D eigenvalue weighted by Crippen LogP contribution is -2.26. The third-order valence-corrected chi connectivity index (χ3v) is 4.84. The predicted octanol–water partition coefficient (Wildman–Crippen LogP) is 3.81. The van der Waals surface area contributed by atoms with Crippen LogP contribution in [0.25, 0.3) is 0 Å². The predicted molar refractivity (Wildman–Crippen MR) is 83.6 cm³/mol. The monoisotopic (exact) mass is 266 g/mol. The van der Waals surface area contributed by atoms with Crippen LogP contribution in [0.15, 0.2) is 0 Å². The molecule has 0 amide bonds. The molecule has 1 aliphatic carbocycles. The summed E-state index contributed by atoms with van der Waals surface area (Å²) in [7, 11) is 0. The molecule has 2 aliphatic rings. The fourth-order valence-corrected chi connectivity index (χ4v) is 3.11. The molecule has 0 bridgehead atoms. The van der Waals surface area contributed by atoms with E-state index in [0.29, 0.717) is 5.41 Å². The summed E-state index contributed by atoms with van der Waals surface area (Å²) in [6.07, 6.45) is 12.7. The Labute approximate surface area is 120 Å². The van der Waals surface area contributed by atoms with Crippen molar-refractivity contribution in [1.82, 2.24) is 10.2 Å². The van der Waals surface area contributed by atoms with Crippen LogP contribution >= 0.6 is 0 Å². The van der Waals surface area contributed by atoms with Crippen LogP contribution in [0.5, 0.6) is 0 Å². The summed E-state index contributed by atoms with van der Waals surface area (Å²) in [5, 5.41) is 3.60. The van der Waals surface area contributed by atoms with Gasteiger partial charge in [0.05, 0.1) is 0 Å². The van der Waals surface area contributed by atoms with E-state index in [-0.39, 0.29) is 0 Å². The summed E-state index contributed by atoms with van der Waals surface area (Å²) in [5.74, 6) is 0. The lowest BCUT2D eigenvalue weighted by molar-refractivity contribution is 0.257. The minimum absolute atomic E-state index is 0.587. The highest BCUT2D eigenvalue weighted by atomic mass is 15.1. The van der Waals surface area contributed by atoms with Crippen LogP contribution in [0.1, 0.15) is 71.6 Å². The molecule has 2 nitrogen and oxygen atoms in total. The van der Waals surface area contributed by atoms with Crippen LogP contribution in [-0.2, 0) is 0 Å². The van der Waals surface area contributed by atoms with Gasteiger partial charge < -0.3 is 10.2 Å². The first kappa shape index (κ1) is 15.3. The van der Waals surface area contributed by atoms with Gasteiger partial charge in [-0.3, -0.25) is 0 Å². The van der Waals surface area contributed by atoms with Crippen molar-refractivity contribution in [1.29, 1.82) is 0 Å². The number of hydrogen-bond donors (Lipinski definition) is 1.